The zero-order valence-corrected chi connectivity index (χ0v) is 22.6. The van der Waals surface area contributed by atoms with Gasteiger partial charge < -0.3 is 20.2 Å². The van der Waals surface area contributed by atoms with Crippen LogP contribution in [0.5, 0.6) is 5.88 Å². The molecule has 2 N–H and O–H groups in total. The number of ketones is 1. The van der Waals surface area contributed by atoms with Crippen LogP contribution in [-0.4, -0.2) is 45.6 Å². The Kier molecular flexibility index (Phi) is 7.35. The van der Waals surface area contributed by atoms with Crippen LogP contribution in [-0.2, 0) is 9.59 Å². The van der Waals surface area contributed by atoms with Gasteiger partial charge >= 0.3 is 0 Å². The average Bonchev–Trinajstić information content (AvgIpc) is 3.14. The second-order valence-corrected chi connectivity index (χ2v) is 12.6. The summed E-state index contributed by atoms with van der Waals surface area (Å²) in [7, 11) is 0. The molecule has 5 rings (SSSR count). The number of ether oxygens (including phenoxy) is 1. The molecule has 0 aliphatic heterocycles. The van der Waals surface area contributed by atoms with E-state index in [9.17, 15) is 14.4 Å². The van der Waals surface area contributed by atoms with Crippen LogP contribution in [0.1, 0.15) is 90.4 Å². The lowest BCUT2D eigenvalue weighted by molar-refractivity contribution is -0.127. The summed E-state index contributed by atoms with van der Waals surface area (Å²) in [5.41, 5.74) is -0.0121. The molecule has 2 unspecified atom stereocenters. The summed E-state index contributed by atoms with van der Waals surface area (Å²) in [6.07, 6.45) is 11.3. The third-order valence-corrected chi connectivity index (χ3v) is 8.00. The topological polar surface area (TPSA) is 102 Å². The van der Waals surface area contributed by atoms with Gasteiger partial charge in [0.05, 0.1) is 18.3 Å². The van der Waals surface area contributed by atoms with Crippen molar-refractivity contribution in [1.82, 2.24) is 20.4 Å². The van der Waals surface area contributed by atoms with Crippen LogP contribution in [0.25, 0.3) is 6.20 Å². The summed E-state index contributed by atoms with van der Waals surface area (Å²) in [6, 6.07) is 0.129. The Morgan fingerprint density at radius 2 is 1.86 bits per heavy atom. The van der Waals surface area contributed by atoms with Crippen LogP contribution in [0.4, 0.5) is 0 Å². The lowest BCUT2D eigenvalue weighted by atomic mass is 9.47. The van der Waals surface area contributed by atoms with Crippen LogP contribution >= 0.6 is 0 Å². The maximum Gasteiger partial charge on any atom is 0.258 e. The van der Waals surface area contributed by atoms with Gasteiger partial charge in [-0.25, -0.2) is 4.68 Å². The lowest BCUT2D eigenvalue weighted by Gasteiger charge is -2.60. The Bertz CT molecular complexity index is 1020. The van der Waals surface area contributed by atoms with Crippen molar-refractivity contribution in [1.29, 1.82) is 0 Å². The largest absolute Gasteiger partial charge is 0.477 e. The van der Waals surface area contributed by atoms with E-state index >= 15 is 0 Å². The first-order chi connectivity index (χ1) is 16.9. The van der Waals surface area contributed by atoms with Gasteiger partial charge in [-0.15, -0.1) is 0 Å². The molecule has 4 fully saturated rings. The van der Waals surface area contributed by atoms with Gasteiger partial charge in [-0.3, -0.25) is 9.59 Å². The number of carbonyl (C=O) groups excluding carboxylic acids is 3. The molecule has 0 spiro atoms. The highest BCUT2D eigenvalue weighted by atomic mass is 16.5. The molecular weight excluding hydrogens is 456 g/mol. The van der Waals surface area contributed by atoms with Gasteiger partial charge in [-0.2, -0.15) is 5.10 Å². The highest BCUT2D eigenvalue weighted by Gasteiger charge is 2.55. The molecule has 4 saturated carbocycles. The van der Waals surface area contributed by atoms with Gasteiger partial charge in [-0.05, 0) is 88.0 Å². The smallest absolute Gasteiger partial charge is 0.258 e. The maximum absolute atomic E-state index is 13.5. The monoisotopic (exact) mass is 498 g/mol. The summed E-state index contributed by atoms with van der Waals surface area (Å²) in [5.74, 6) is 2.22. The van der Waals surface area contributed by atoms with Crippen molar-refractivity contribution in [2.75, 3.05) is 6.61 Å². The minimum absolute atomic E-state index is 0.123. The van der Waals surface area contributed by atoms with E-state index < -0.39 is 5.54 Å². The summed E-state index contributed by atoms with van der Waals surface area (Å²) in [5, 5.41) is 10.6. The Hall–Kier alpha value is -2.64. The molecule has 4 aliphatic rings. The van der Waals surface area contributed by atoms with Crippen molar-refractivity contribution < 1.29 is 19.1 Å². The molecule has 8 heteroatoms. The number of Topliss-reactive ketones (excluding diaryl/α,β-unsaturated/α-hetero) is 1. The molecule has 1 heterocycles. The van der Waals surface area contributed by atoms with E-state index in [4.69, 9.17) is 4.74 Å². The van der Waals surface area contributed by atoms with E-state index in [0.717, 1.165) is 25.7 Å². The summed E-state index contributed by atoms with van der Waals surface area (Å²) in [4.78, 5) is 37.0. The Labute approximate surface area is 214 Å². The minimum atomic E-state index is -0.578. The van der Waals surface area contributed by atoms with E-state index in [1.54, 1.807) is 24.0 Å². The highest BCUT2D eigenvalue weighted by Crippen LogP contribution is 2.61. The van der Waals surface area contributed by atoms with E-state index in [-0.39, 0.29) is 35.0 Å². The molecule has 0 saturated heterocycles. The number of nitrogens with one attached hydrogen (secondary N) is 2. The first-order valence-corrected chi connectivity index (χ1v) is 13.3. The fraction of sp³-hybridized carbons (Fsp3) is 0.714. The van der Waals surface area contributed by atoms with Crippen LogP contribution in [0, 0.1) is 29.1 Å². The second-order valence-electron chi connectivity index (χ2n) is 12.6. The number of hydrogen-bond acceptors (Lipinski definition) is 5. The van der Waals surface area contributed by atoms with Crippen molar-refractivity contribution in [2.45, 2.75) is 91.6 Å². The van der Waals surface area contributed by atoms with Crippen molar-refractivity contribution in [2.24, 2.45) is 29.1 Å². The molecule has 2 atom stereocenters. The number of amides is 2. The van der Waals surface area contributed by atoms with Gasteiger partial charge in [0.1, 0.15) is 11.3 Å². The predicted molar refractivity (Wildman–Crippen MR) is 138 cm³/mol. The molecule has 2 amide bonds. The van der Waals surface area contributed by atoms with Gasteiger partial charge in [-0.1, -0.05) is 13.8 Å². The van der Waals surface area contributed by atoms with E-state index in [1.165, 1.54) is 13.3 Å². The van der Waals surface area contributed by atoms with Crippen LogP contribution in [0.3, 0.4) is 0 Å². The van der Waals surface area contributed by atoms with E-state index in [2.05, 4.69) is 29.6 Å². The predicted octanol–water partition coefficient (Wildman–Crippen LogP) is 4.21. The van der Waals surface area contributed by atoms with Crippen molar-refractivity contribution in [3.8, 4) is 5.88 Å². The SMILES string of the molecule is CC(=O)CC12CC3CC(C1)C(NC(=O)c1cnn(/C=C/C(C)(C)NC(C)=O)c1OCC(C)C)C(C3)C2. The fourth-order valence-electron chi connectivity index (χ4n) is 7.16. The molecule has 1 aromatic rings. The number of carbonyl (C=O) groups is 3. The summed E-state index contributed by atoms with van der Waals surface area (Å²) >= 11 is 0. The number of nitrogens with zero attached hydrogens (tertiary/aromatic N) is 2. The van der Waals surface area contributed by atoms with Gasteiger partial charge in [0.2, 0.25) is 11.8 Å². The normalized spacial score (nSPS) is 29.1. The molecule has 36 heavy (non-hydrogen) atoms. The first kappa shape index (κ1) is 26.4. The Balaban J connectivity index is 1.52. The molecule has 8 nitrogen and oxygen atoms in total. The number of aromatic nitrogens is 2. The maximum atomic E-state index is 13.5. The zero-order chi connectivity index (χ0) is 26.3. The highest BCUT2D eigenvalue weighted by molar-refractivity contribution is 5.96. The fourth-order valence-corrected chi connectivity index (χ4v) is 7.16. The minimum Gasteiger partial charge on any atom is -0.477 e. The third kappa shape index (κ3) is 5.84. The van der Waals surface area contributed by atoms with Crippen LogP contribution in [0.15, 0.2) is 12.3 Å². The van der Waals surface area contributed by atoms with Crippen LogP contribution in [0.2, 0.25) is 0 Å². The van der Waals surface area contributed by atoms with Crippen LogP contribution < -0.4 is 15.4 Å². The molecule has 0 aromatic carbocycles. The van der Waals surface area contributed by atoms with Crippen molar-refractivity contribution >= 4 is 23.8 Å². The summed E-state index contributed by atoms with van der Waals surface area (Å²) < 4.78 is 7.64. The van der Waals surface area contributed by atoms with Gasteiger partial charge in [0, 0.05) is 25.6 Å². The first-order valence-electron chi connectivity index (χ1n) is 13.3. The quantitative estimate of drug-likeness (QED) is 0.503. The second kappa shape index (κ2) is 10.0. The average molecular weight is 499 g/mol. The third-order valence-electron chi connectivity index (χ3n) is 8.00. The van der Waals surface area contributed by atoms with E-state index in [0.29, 0.717) is 42.2 Å². The number of rotatable bonds is 10. The van der Waals surface area contributed by atoms with E-state index in [1.807, 2.05) is 19.9 Å². The van der Waals surface area contributed by atoms with Gasteiger partial charge in [0.15, 0.2) is 0 Å². The van der Waals surface area contributed by atoms with Gasteiger partial charge in [0.25, 0.3) is 5.91 Å². The Morgan fingerprint density at radius 3 is 2.44 bits per heavy atom. The standard InChI is InChI=1S/C28H42N4O4/c1-17(2)16-36-26-23(15-29-32(26)8-7-27(5,6)31-19(4)34)25(35)30-24-21-9-20-10-22(24)14-28(12-20,13-21)11-18(3)33/h7-8,15,17,20-22,24H,9-14,16H2,1-6H3,(H,30,35)(H,31,34)/b8-7+. The molecule has 1 aromatic heterocycles. The molecule has 4 aliphatic carbocycles. The number of hydrogen-bond donors (Lipinski definition) is 2. The zero-order valence-electron chi connectivity index (χ0n) is 22.6. The van der Waals surface area contributed by atoms with Crippen molar-refractivity contribution in [3.05, 3.63) is 17.8 Å². The van der Waals surface area contributed by atoms with Crippen molar-refractivity contribution in [3.63, 3.8) is 0 Å². The lowest BCUT2D eigenvalue weighted by Crippen LogP contribution is -2.59. The molecule has 0 radical (unpaired) electrons. The molecular formula is C28H42N4O4. The molecule has 4 bridgehead atoms. The molecule has 198 valence electrons. The Morgan fingerprint density at radius 1 is 1.19 bits per heavy atom. The summed E-state index contributed by atoms with van der Waals surface area (Å²) in [6.45, 7) is 11.5.